The van der Waals surface area contributed by atoms with Gasteiger partial charge in [0.1, 0.15) is 11.4 Å². The molecular formula is C12H13F4NO5S. The Labute approximate surface area is 129 Å². The van der Waals surface area contributed by atoms with Gasteiger partial charge in [0.05, 0.1) is 0 Å². The monoisotopic (exact) mass is 359 g/mol. The summed E-state index contributed by atoms with van der Waals surface area (Å²) in [6.07, 6.45) is -5.21. The van der Waals surface area contributed by atoms with Crippen LogP contribution in [0.4, 0.5) is 17.6 Å². The number of carbonyl (C=O) groups is 1. The fourth-order valence-corrected chi connectivity index (χ4v) is 3.36. The summed E-state index contributed by atoms with van der Waals surface area (Å²) in [6.45, 7) is 1.71. The zero-order valence-corrected chi connectivity index (χ0v) is 12.8. The smallest absolute Gasteiger partial charge is 0.480 e. The maximum atomic E-state index is 14.1. The third-order valence-electron chi connectivity index (χ3n) is 2.61. The van der Waals surface area contributed by atoms with Crippen molar-refractivity contribution in [2.45, 2.75) is 31.1 Å². The molecule has 0 heterocycles. The van der Waals surface area contributed by atoms with Gasteiger partial charge in [0, 0.05) is 6.04 Å². The van der Waals surface area contributed by atoms with Gasteiger partial charge in [0.25, 0.3) is 0 Å². The van der Waals surface area contributed by atoms with E-state index in [1.54, 1.807) is 0 Å². The molecule has 1 aromatic rings. The Bertz CT molecular complexity index is 687. The number of sulfonamides is 1. The van der Waals surface area contributed by atoms with Crippen molar-refractivity contribution in [1.82, 2.24) is 4.31 Å². The molecule has 0 saturated heterocycles. The van der Waals surface area contributed by atoms with Gasteiger partial charge in [0.15, 0.2) is 11.6 Å². The molecule has 0 saturated carbocycles. The highest BCUT2D eigenvalue weighted by atomic mass is 32.2. The van der Waals surface area contributed by atoms with Crippen molar-refractivity contribution in [1.29, 1.82) is 0 Å². The summed E-state index contributed by atoms with van der Waals surface area (Å²) in [5.74, 6) is -4.57. The van der Waals surface area contributed by atoms with Crippen LogP contribution in [0.15, 0.2) is 23.1 Å². The summed E-state index contributed by atoms with van der Waals surface area (Å²) < 4.78 is 79.2. The highest BCUT2D eigenvalue weighted by Crippen LogP contribution is 2.31. The Morgan fingerprint density at radius 2 is 1.91 bits per heavy atom. The number of carboxylic acids is 1. The topological polar surface area (TPSA) is 83.9 Å². The lowest BCUT2D eigenvalue weighted by molar-refractivity contribution is -0.275. The third kappa shape index (κ3) is 4.79. The van der Waals surface area contributed by atoms with E-state index in [0.717, 1.165) is 12.1 Å². The van der Waals surface area contributed by atoms with E-state index in [-0.39, 0.29) is 0 Å². The van der Waals surface area contributed by atoms with Crippen LogP contribution in [0.25, 0.3) is 0 Å². The molecule has 0 amide bonds. The highest BCUT2D eigenvalue weighted by molar-refractivity contribution is 7.89. The van der Waals surface area contributed by atoms with E-state index in [9.17, 15) is 30.8 Å². The maximum Gasteiger partial charge on any atom is 0.573 e. The second-order valence-corrected chi connectivity index (χ2v) is 6.51. The molecule has 23 heavy (non-hydrogen) atoms. The van der Waals surface area contributed by atoms with Crippen LogP contribution < -0.4 is 4.74 Å². The average Bonchev–Trinajstić information content (AvgIpc) is 2.36. The number of hydrogen-bond donors (Lipinski definition) is 1. The molecule has 1 rings (SSSR count). The zero-order chi connectivity index (χ0) is 18.0. The van der Waals surface area contributed by atoms with Crippen molar-refractivity contribution in [3.63, 3.8) is 0 Å². The number of nitrogens with zero attached hydrogens (tertiary/aromatic N) is 1. The largest absolute Gasteiger partial charge is 0.573 e. The number of rotatable bonds is 6. The van der Waals surface area contributed by atoms with Crippen LogP contribution in [0.5, 0.6) is 5.75 Å². The quantitative estimate of drug-likeness (QED) is 0.788. The van der Waals surface area contributed by atoms with Crippen molar-refractivity contribution >= 4 is 16.0 Å². The molecule has 11 heteroatoms. The van der Waals surface area contributed by atoms with Gasteiger partial charge in [-0.2, -0.15) is 4.31 Å². The predicted octanol–water partition coefficient (Wildman–Crippen LogP) is 2.21. The first-order chi connectivity index (χ1) is 10.4. The van der Waals surface area contributed by atoms with E-state index in [2.05, 4.69) is 4.74 Å². The molecular weight excluding hydrogens is 346 g/mol. The molecule has 1 aromatic carbocycles. The van der Waals surface area contributed by atoms with Gasteiger partial charge in [0.2, 0.25) is 10.0 Å². The molecule has 0 aromatic heterocycles. The van der Waals surface area contributed by atoms with E-state index in [0.29, 0.717) is 10.4 Å². The summed E-state index contributed by atoms with van der Waals surface area (Å²) in [5, 5.41) is 8.75. The molecule has 1 N–H and O–H groups in total. The Morgan fingerprint density at radius 1 is 1.35 bits per heavy atom. The number of hydrogen-bond acceptors (Lipinski definition) is 4. The number of benzene rings is 1. The second-order valence-electron chi connectivity index (χ2n) is 4.65. The molecule has 0 atom stereocenters. The van der Waals surface area contributed by atoms with E-state index in [1.807, 2.05) is 0 Å². The number of carboxylic acid groups (broad SMARTS) is 1. The first kappa shape index (κ1) is 19.2. The molecule has 0 aliphatic carbocycles. The lowest BCUT2D eigenvalue weighted by Crippen LogP contribution is -2.41. The average molecular weight is 359 g/mol. The molecule has 0 unspecified atom stereocenters. The van der Waals surface area contributed by atoms with E-state index < -0.39 is 51.4 Å². The van der Waals surface area contributed by atoms with Crippen LogP contribution in [0.2, 0.25) is 0 Å². The Hall–Kier alpha value is -1.88. The van der Waals surface area contributed by atoms with Gasteiger partial charge in [-0.05, 0) is 26.0 Å². The minimum absolute atomic E-state index is 0.450. The van der Waals surface area contributed by atoms with Crippen molar-refractivity contribution in [2.24, 2.45) is 0 Å². The standard InChI is InChI=1S/C12H13F4NO5S/c1-7(2)17(6-10(18)19)23(20,21)9-5-3-4-8(11(9)13)22-12(14,15)16/h3-5,7H,6H2,1-2H3,(H,18,19). The Kier molecular flexibility index (Phi) is 5.59. The Morgan fingerprint density at radius 3 is 2.35 bits per heavy atom. The van der Waals surface area contributed by atoms with Gasteiger partial charge in [-0.3, -0.25) is 4.79 Å². The molecule has 0 spiro atoms. The van der Waals surface area contributed by atoms with Crippen LogP contribution in [-0.4, -0.2) is 42.7 Å². The van der Waals surface area contributed by atoms with Crippen LogP contribution in [-0.2, 0) is 14.8 Å². The minimum Gasteiger partial charge on any atom is -0.480 e. The summed E-state index contributed by atoms with van der Waals surface area (Å²) in [6, 6.07) is 1.34. The van der Waals surface area contributed by atoms with Gasteiger partial charge < -0.3 is 9.84 Å². The molecule has 0 radical (unpaired) electrons. The summed E-state index contributed by atoms with van der Waals surface area (Å²) >= 11 is 0. The van der Waals surface area contributed by atoms with Crippen LogP contribution in [0.1, 0.15) is 13.8 Å². The fraction of sp³-hybridized carbons (Fsp3) is 0.417. The lowest BCUT2D eigenvalue weighted by atomic mass is 10.3. The number of alkyl halides is 3. The van der Waals surface area contributed by atoms with Gasteiger partial charge in [-0.1, -0.05) is 6.07 Å². The molecule has 0 bridgehead atoms. The molecule has 130 valence electrons. The van der Waals surface area contributed by atoms with E-state index in [4.69, 9.17) is 5.11 Å². The summed E-state index contributed by atoms with van der Waals surface area (Å²) in [5.41, 5.74) is 0. The van der Waals surface area contributed by atoms with Gasteiger partial charge in [-0.15, -0.1) is 13.2 Å². The van der Waals surface area contributed by atoms with Crippen LogP contribution in [0, 0.1) is 5.82 Å². The summed E-state index contributed by atoms with van der Waals surface area (Å²) in [7, 11) is -4.67. The van der Waals surface area contributed by atoms with Crippen molar-refractivity contribution < 1.29 is 40.6 Å². The first-order valence-electron chi connectivity index (χ1n) is 6.14. The van der Waals surface area contributed by atoms with Crippen molar-refractivity contribution in [2.75, 3.05) is 6.54 Å². The summed E-state index contributed by atoms with van der Waals surface area (Å²) in [4.78, 5) is 9.66. The number of ether oxygens (including phenoxy) is 1. The molecule has 6 nitrogen and oxygen atoms in total. The molecule has 0 aliphatic rings. The third-order valence-corrected chi connectivity index (χ3v) is 4.65. The number of aliphatic carboxylic acids is 1. The van der Waals surface area contributed by atoms with Crippen molar-refractivity contribution in [3.8, 4) is 5.75 Å². The molecule has 0 fully saturated rings. The van der Waals surface area contributed by atoms with Gasteiger partial charge in [-0.25, -0.2) is 12.8 Å². The zero-order valence-electron chi connectivity index (χ0n) is 12.0. The lowest BCUT2D eigenvalue weighted by Gasteiger charge is -2.24. The Balaban J connectivity index is 3.38. The minimum atomic E-state index is -5.21. The highest BCUT2D eigenvalue weighted by Gasteiger charge is 2.36. The van der Waals surface area contributed by atoms with E-state index >= 15 is 0 Å². The molecule has 0 aliphatic heterocycles. The SMILES string of the molecule is CC(C)N(CC(=O)O)S(=O)(=O)c1cccc(OC(F)(F)F)c1F. The predicted molar refractivity (Wildman–Crippen MR) is 69.7 cm³/mol. The second kappa shape index (κ2) is 6.71. The van der Waals surface area contributed by atoms with Gasteiger partial charge >= 0.3 is 12.3 Å². The fourth-order valence-electron chi connectivity index (χ4n) is 1.70. The van der Waals surface area contributed by atoms with Crippen LogP contribution in [0.3, 0.4) is 0 Å². The first-order valence-corrected chi connectivity index (χ1v) is 7.58. The maximum absolute atomic E-state index is 14.1. The number of halogens is 4. The van der Waals surface area contributed by atoms with Crippen molar-refractivity contribution in [3.05, 3.63) is 24.0 Å². The normalized spacial score (nSPS) is 12.7. The van der Waals surface area contributed by atoms with Crippen LogP contribution >= 0.6 is 0 Å². The van der Waals surface area contributed by atoms with E-state index in [1.165, 1.54) is 13.8 Å².